The van der Waals surface area contributed by atoms with Crippen molar-refractivity contribution < 1.29 is 4.39 Å². The van der Waals surface area contributed by atoms with Gasteiger partial charge in [0.1, 0.15) is 5.82 Å². The van der Waals surface area contributed by atoms with Crippen molar-refractivity contribution in [2.75, 3.05) is 6.54 Å². The first-order chi connectivity index (χ1) is 10.3. The van der Waals surface area contributed by atoms with Gasteiger partial charge in [0.25, 0.3) is 0 Å². The van der Waals surface area contributed by atoms with Crippen LogP contribution in [0.3, 0.4) is 0 Å². The van der Waals surface area contributed by atoms with Gasteiger partial charge in [-0.15, -0.1) is 0 Å². The summed E-state index contributed by atoms with van der Waals surface area (Å²) in [6, 6.07) is 1.84. The largest absolute Gasteiger partial charge is 0.310 e. The molecule has 0 amide bonds. The number of aromatic nitrogens is 1. The molecule has 0 fully saturated rings. The summed E-state index contributed by atoms with van der Waals surface area (Å²) >= 11 is 0. The summed E-state index contributed by atoms with van der Waals surface area (Å²) in [5.74, 6) is -0.244. The Hall–Kier alpha value is -0.960. The first-order valence-corrected chi connectivity index (χ1v) is 8.61. The molecule has 120 valence electrons. The van der Waals surface area contributed by atoms with E-state index in [1.807, 2.05) is 0 Å². The maximum atomic E-state index is 13.3. The van der Waals surface area contributed by atoms with E-state index in [1.54, 1.807) is 12.3 Å². The van der Waals surface area contributed by atoms with Crippen LogP contribution in [0.5, 0.6) is 0 Å². The fourth-order valence-corrected chi connectivity index (χ4v) is 2.73. The minimum atomic E-state index is -0.244. The lowest BCUT2D eigenvalue weighted by molar-refractivity contribution is 0.471. The summed E-state index contributed by atoms with van der Waals surface area (Å²) in [6.45, 7) is 5.24. The van der Waals surface area contributed by atoms with E-state index in [4.69, 9.17) is 0 Å². The number of nitrogens with zero attached hydrogens (tertiary/aromatic N) is 1. The Morgan fingerprint density at radius 1 is 1.00 bits per heavy atom. The van der Waals surface area contributed by atoms with E-state index in [2.05, 4.69) is 24.1 Å². The molecular formula is C18H31FN2. The molecule has 1 aromatic heterocycles. The molecule has 0 aliphatic rings. The third-order valence-corrected chi connectivity index (χ3v) is 3.93. The number of hydrogen-bond acceptors (Lipinski definition) is 2. The molecule has 0 radical (unpaired) electrons. The molecule has 0 saturated heterocycles. The molecule has 0 bridgehead atoms. The van der Waals surface area contributed by atoms with Gasteiger partial charge in [-0.2, -0.15) is 0 Å². The number of halogens is 1. The molecule has 3 heteroatoms. The highest BCUT2D eigenvalue weighted by molar-refractivity contribution is 5.14. The van der Waals surface area contributed by atoms with Crippen molar-refractivity contribution in [3.63, 3.8) is 0 Å². The van der Waals surface area contributed by atoms with Gasteiger partial charge in [-0.05, 0) is 24.6 Å². The zero-order valence-corrected chi connectivity index (χ0v) is 13.7. The Labute approximate surface area is 129 Å². The first-order valence-electron chi connectivity index (χ1n) is 8.61. The van der Waals surface area contributed by atoms with Crippen molar-refractivity contribution in [2.24, 2.45) is 0 Å². The summed E-state index contributed by atoms with van der Waals surface area (Å²) < 4.78 is 13.3. The van der Waals surface area contributed by atoms with Gasteiger partial charge in [0.15, 0.2) is 0 Å². The minimum absolute atomic E-state index is 0.235. The van der Waals surface area contributed by atoms with Gasteiger partial charge in [-0.3, -0.25) is 4.98 Å². The highest BCUT2D eigenvalue weighted by Gasteiger charge is 2.11. The summed E-state index contributed by atoms with van der Waals surface area (Å²) in [4.78, 5) is 3.96. The predicted octanol–water partition coefficient (Wildman–Crippen LogP) is 5.40. The molecule has 0 aliphatic carbocycles. The van der Waals surface area contributed by atoms with Gasteiger partial charge in [-0.25, -0.2) is 4.39 Å². The zero-order valence-electron chi connectivity index (χ0n) is 13.7. The second-order valence-corrected chi connectivity index (χ2v) is 5.81. The lowest BCUT2D eigenvalue weighted by Gasteiger charge is -2.18. The van der Waals surface area contributed by atoms with Crippen LogP contribution in [0.4, 0.5) is 4.39 Å². The molecule has 1 atom stereocenters. The van der Waals surface area contributed by atoms with E-state index in [9.17, 15) is 4.39 Å². The molecule has 2 nitrogen and oxygen atoms in total. The maximum Gasteiger partial charge on any atom is 0.141 e. The van der Waals surface area contributed by atoms with Gasteiger partial charge in [0, 0.05) is 12.2 Å². The van der Waals surface area contributed by atoms with Crippen molar-refractivity contribution in [1.82, 2.24) is 10.3 Å². The van der Waals surface area contributed by atoms with Gasteiger partial charge >= 0.3 is 0 Å². The van der Waals surface area contributed by atoms with E-state index < -0.39 is 0 Å². The molecule has 1 heterocycles. The fraction of sp³-hybridized carbons (Fsp3) is 0.722. The third kappa shape index (κ3) is 8.15. The smallest absolute Gasteiger partial charge is 0.141 e. The second kappa shape index (κ2) is 11.7. The molecule has 1 unspecified atom stereocenters. The van der Waals surface area contributed by atoms with Crippen molar-refractivity contribution in [3.8, 4) is 0 Å². The lowest BCUT2D eigenvalue weighted by atomic mass is 10.0. The summed E-state index contributed by atoms with van der Waals surface area (Å²) in [5, 5.41) is 3.44. The molecule has 1 N–H and O–H groups in total. The molecule has 0 saturated carbocycles. The SMILES string of the molecule is CCCCCCCCCCC(NCC)c1cncc(F)c1. The number of pyridine rings is 1. The topological polar surface area (TPSA) is 24.9 Å². The average Bonchev–Trinajstić information content (AvgIpc) is 2.49. The van der Waals surface area contributed by atoms with Crippen LogP contribution in [0.15, 0.2) is 18.5 Å². The predicted molar refractivity (Wildman–Crippen MR) is 87.8 cm³/mol. The highest BCUT2D eigenvalue weighted by Crippen LogP contribution is 2.20. The van der Waals surface area contributed by atoms with E-state index in [1.165, 1.54) is 57.6 Å². The summed E-state index contributed by atoms with van der Waals surface area (Å²) in [6.07, 6.45) is 14.7. The molecule has 0 aliphatic heterocycles. The van der Waals surface area contributed by atoms with Crippen molar-refractivity contribution in [1.29, 1.82) is 0 Å². The van der Waals surface area contributed by atoms with E-state index in [-0.39, 0.29) is 11.9 Å². The fourth-order valence-electron chi connectivity index (χ4n) is 2.73. The Morgan fingerprint density at radius 2 is 1.67 bits per heavy atom. The van der Waals surface area contributed by atoms with E-state index in [0.717, 1.165) is 18.5 Å². The van der Waals surface area contributed by atoms with Gasteiger partial charge in [0.2, 0.25) is 0 Å². The van der Waals surface area contributed by atoms with E-state index in [0.29, 0.717) is 0 Å². The van der Waals surface area contributed by atoms with Crippen LogP contribution in [-0.4, -0.2) is 11.5 Å². The molecular weight excluding hydrogens is 263 g/mol. The zero-order chi connectivity index (χ0) is 15.3. The highest BCUT2D eigenvalue weighted by atomic mass is 19.1. The second-order valence-electron chi connectivity index (χ2n) is 5.81. The Kier molecular flexibility index (Phi) is 10.1. The van der Waals surface area contributed by atoms with Crippen molar-refractivity contribution >= 4 is 0 Å². The van der Waals surface area contributed by atoms with E-state index >= 15 is 0 Å². The van der Waals surface area contributed by atoms with Gasteiger partial charge < -0.3 is 5.32 Å². The van der Waals surface area contributed by atoms with Crippen molar-refractivity contribution in [3.05, 3.63) is 29.8 Å². The van der Waals surface area contributed by atoms with Crippen LogP contribution in [-0.2, 0) is 0 Å². The molecule has 0 spiro atoms. The Morgan fingerprint density at radius 3 is 2.29 bits per heavy atom. The quantitative estimate of drug-likeness (QED) is 0.522. The monoisotopic (exact) mass is 294 g/mol. The van der Waals surface area contributed by atoms with Crippen LogP contribution < -0.4 is 5.32 Å². The lowest BCUT2D eigenvalue weighted by Crippen LogP contribution is -2.21. The Balaban J connectivity index is 2.23. The minimum Gasteiger partial charge on any atom is -0.310 e. The molecule has 0 aromatic carbocycles. The van der Waals surface area contributed by atoms with Gasteiger partial charge in [-0.1, -0.05) is 65.2 Å². The Bertz CT molecular complexity index is 368. The molecule has 1 aromatic rings. The number of rotatable bonds is 12. The standard InChI is InChI=1S/C18H31FN2/c1-3-5-6-7-8-9-10-11-12-18(21-4-2)16-13-17(19)15-20-14-16/h13-15,18,21H,3-12H2,1-2H3. The molecule has 21 heavy (non-hydrogen) atoms. The van der Waals surface area contributed by atoms with Crippen LogP contribution in [0, 0.1) is 5.82 Å². The maximum absolute atomic E-state index is 13.3. The number of nitrogens with one attached hydrogen (secondary N) is 1. The van der Waals surface area contributed by atoms with Crippen LogP contribution in [0.1, 0.15) is 83.2 Å². The first kappa shape index (κ1) is 18.1. The molecule has 1 rings (SSSR count). The third-order valence-electron chi connectivity index (χ3n) is 3.93. The summed E-state index contributed by atoms with van der Waals surface area (Å²) in [7, 11) is 0. The van der Waals surface area contributed by atoms with Crippen LogP contribution >= 0.6 is 0 Å². The van der Waals surface area contributed by atoms with Crippen LogP contribution in [0.25, 0.3) is 0 Å². The summed E-state index contributed by atoms with van der Waals surface area (Å²) in [5.41, 5.74) is 0.972. The normalized spacial score (nSPS) is 12.5. The number of unbranched alkanes of at least 4 members (excludes halogenated alkanes) is 7. The number of hydrogen-bond donors (Lipinski definition) is 1. The van der Waals surface area contributed by atoms with Crippen LogP contribution in [0.2, 0.25) is 0 Å². The van der Waals surface area contributed by atoms with Crippen molar-refractivity contribution in [2.45, 2.75) is 77.7 Å². The average molecular weight is 294 g/mol. The van der Waals surface area contributed by atoms with Gasteiger partial charge in [0.05, 0.1) is 6.20 Å².